The van der Waals surface area contributed by atoms with Crippen LogP contribution >= 0.6 is 0 Å². The van der Waals surface area contributed by atoms with Gasteiger partial charge in [0.05, 0.1) is 6.54 Å². The molecule has 0 aliphatic carbocycles. The number of carbonyl (C=O) groups excluding carboxylic acids is 1. The number of aliphatic hydroxyl groups excluding tert-OH is 1. The summed E-state index contributed by atoms with van der Waals surface area (Å²) in [6.45, 7) is 7.77. The monoisotopic (exact) mass is 205 g/mol. The first-order chi connectivity index (χ1) is 6.37. The molecule has 0 aromatic rings. The highest BCUT2D eigenvalue weighted by molar-refractivity contribution is 5.71. The van der Waals surface area contributed by atoms with Gasteiger partial charge in [0.15, 0.2) is 0 Å². The van der Waals surface area contributed by atoms with Crippen molar-refractivity contribution in [2.75, 3.05) is 13.2 Å². The number of carbonyl (C=O) groups is 1. The lowest BCUT2D eigenvalue weighted by Crippen LogP contribution is -2.28. The molecule has 86 valence electrons. The average molecular weight is 205 g/mol. The van der Waals surface area contributed by atoms with Gasteiger partial charge in [0.2, 0.25) is 0 Å². The van der Waals surface area contributed by atoms with Crippen LogP contribution in [0, 0.1) is 0 Å². The summed E-state index contributed by atoms with van der Waals surface area (Å²) in [5.41, 5.74) is 4.60. The van der Waals surface area contributed by atoms with Crippen molar-refractivity contribution in [2.24, 2.45) is 5.73 Å². The Hall–Kier alpha value is -0.610. The van der Waals surface area contributed by atoms with Crippen LogP contribution in [-0.2, 0) is 9.53 Å². The van der Waals surface area contributed by atoms with E-state index in [4.69, 9.17) is 15.6 Å². The Bertz CT molecular complexity index is 139. The standard InChI is InChI=1S/C6H13NO2.C4H10O/c1-6(2,3)9-5(8)4-7;1-2-3-4-5/h4,7H2,1-3H3;5H,2-4H2,1H3. The molecule has 0 heterocycles. The van der Waals surface area contributed by atoms with Gasteiger partial charge in [0.1, 0.15) is 5.60 Å². The highest BCUT2D eigenvalue weighted by atomic mass is 16.6. The van der Waals surface area contributed by atoms with Gasteiger partial charge in [-0.1, -0.05) is 13.3 Å². The van der Waals surface area contributed by atoms with Gasteiger partial charge in [0, 0.05) is 6.61 Å². The van der Waals surface area contributed by atoms with Gasteiger partial charge in [-0.05, 0) is 27.2 Å². The molecule has 14 heavy (non-hydrogen) atoms. The number of esters is 1. The van der Waals surface area contributed by atoms with Crippen molar-refractivity contribution in [2.45, 2.75) is 46.1 Å². The van der Waals surface area contributed by atoms with Gasteiger partial charge in [-0.3, -0.25) is 4.79 Å². The largest absolute Gasteiger partial charge is 0.459 e. The molecule has 0 fully saturated rings. The summed E-state index contributed by atoms with van der Waals surface area (Å²) in [5, 5.41) is 8.07. The van der Waals surface area contributed by atoms with E-state index in [1.807, 2.05) is 0 Å². The molecule has 4 heteroatoms. The van der Waals surface area contributed by atoms with Crippen LogP contribution in [-0.4, -0.2) is 29.8 Å². The van der Waals surface area contributed by atoms with E-state index in [1.165, 1.54) is 0 Å². The fourth-order valence-electron chi connectivity index (χ4n) is 0.541. The molecule has 3 N–H and O–H groups in total. The SMILES string of the molecule is CC(C)(C)OC(=O)CN.CCCCO. The molecule has 0 radical (unpaired) electrons. The predicted molar refractivity (Wildman–Crippen MR) is 56.9 cm³/mol. The maximum absolute atomic E-state index is 10.5. The molecule has 0 aromatic heterocycles. The summed E-state index contributed by atoms with van der Waals surface area (Å²) in [6, 6.07) is 0. The van der Waals surface area contributed by atoms with Gasteiger partial charge >= 0.3 is 5.97 Å². The Morgan fingerprint density at radius 1 is 1.43 bits per heavy atom. The molecule has 0 aliphatic rings. The van der Waals surface area contributed by atoms with Gasteiger partial charge in [-0.25, -0.2) is 0 Å². The quantitative estimate of drug-likeness (QED) is 0.676. The molecule has 4 nitrogen and oxygen atoms in total. The van der Waals surface area contributed by atoms with E-state index >= 15 is 0 Å². The summed E-state index contributed by atoms with van der Waals surface area (Å²) in [5.74, 6) is -0.359. The molecule has 0 atom stereocenters. The average Bonchev–Trinajstić information content (AvgIpc) is 2.04. The summed E-state index contributed by atoms with van der Waals surface area (Å²) >= 11 is 0. The zero-order chi connectivity index (χ0) is 11.6. The number of aliphatic hydroxyl groups is 1. The van der Waals surface area contributed by atoms with Crippen molar-refractivity contribution in [3.05, 3.63) is 0 Å². The maximum atomic E-state index is 10.5. The van der Waals surface area contributed by atoms with Crippen LogP contribution < -0.4 is 5.73 Å². The van der Waals surface area contributed by atoms with Crippen LogP contribution in [0.1, 0.15) is 40.5 Å². The number of ether oxygens (including phenoxy) is 1. The lowest BCUT2D eigenvalue weighted by molar-refractivity contribution is -0.152. The molecule has 0 spiro atoms. The van der Waals surface area contributed by atoms with Crippen LogP contribution in [0.5, 0.6) is 0 Å². The van der Waals surface area contributed by atoms with E-state index in [9.17, 15) is 4.79 Å². The Labute approximate surface area is 86.4 Å². The maximum Gasteiger partial charge on any atom is 0.320 e. The Morgan fingerprint density at radius 2 is 1.93 bits per heavy atom. The van der Waals surface area contributed by atoms with Crippen LogP contribution in [0.4, 0.5) is 0 Å². The van der Waals surface area contributed by atoms with Gasteiger partial charge in [-0.15, -0.1) is 0 Å². The van der Waals surface area contributed by atoms with Crippen molar-refractivity contribution >= 4 is 5.97 Å². The van der Waals surface area contributed by atoms with E-state index in [0.29, 0.717) is 6.61 Å². The third kappa shape index (κ3) is 17.5. The van der Waals surface area contributed by atoms with Crippen LogP contribution in [0.3, 0.4) is 0 Å². The third-order valence-electron chi connectivity index (χ3n) is 1.10. The van der Waals surface area contributed by atoms with Crippen molar-refractivity contribution in [3.8, 4) is 0 Å². The van der Waals surface area contributed by atoms with Crippen molar-refractivity contribution < 1.29 is 14.6 Å². The molecule has 0 amide bonds. The normalized spacial score (nSPS) is 10.1. The minimum Gasteiger partial charge on any atom is -0.459 e. The Kier molecular flexibility index (Phi) is 10.1. The Morgan fingerprint density at radius 3 is 2.00 bits per heavy atom. The summed E-state index contributed by atoms with van der Waals surface area (Å²) in [4.78, 5) is 10.5. The fourth-order valence-corrected chi connectivity index (χ4v) is 0.541. The predicted octanol–water partition coefficient (Wildman–Crippen LogP) is 1.07. The number of hydrogen-bond donors (Lipinski definition) is 2. The smallest absolute Gasteiger partial charge is 0.320 e. The first-order valence-electron chi connectivity index (χ1n) is 4.90. The summed E-state index contributed by atoms with van der Waals surface area (Å²) in [6.07, 6.45) is 2.04. The molecule has 0 unspecified atom stereocenters. The van der Waals surface area contributed by atoms with Crippen LogP contribution in [0.2, 0.25) is 0 Å². The molecule has 0 saturated heterocycles. The minimum absolute atomic E-state index is 0.0444. The second-order valence-corrected chi connectivity index (χ2v) is 3.87. The lowest BCUT2D eigenvalue weighted by Gasteiger charge is -2.18. The summed E-state index contributed by atoms with van der Waals surface area (Å²) < 4.78 is 4.82. The second-order valence-electron chi connectivity index (χ2n) is 3.87. The Balaban J connectivity index is 0. The van der Waals surface area contributed by atoms with Gasteiger partial charge in [-0.2, -0.15) is 0 Å². The van der Waals surface area contributed by atoms with Crippen LogP contribution in [0.15, 0.2) is 0 Å². The third-order valence-corrected chi connectivity index (χ3v) is 1.10. The molecule has 0 saturated carbocycles. The highest BCUT2D eigenvalue weighted by Gasteiger charge is 2.13. The zero-order valence-electron chi connectivity index (χ0n) is 9.67. The van der Waals surface area contributed by atoms with E-state index < -0.39 is 5.60 Å². The number of nitrogens with two attached hydrogens (primary N) is 1. The van der Waals surface area contributed by atoms with Crippen molar-refractivity contribution in [3.63, 3.8) is 0 Å². The molecule has 0 aromatic carbocycles. The van der Waals surface area contributed by atoms with E-state index in [-0.39, 0.29) is 12.5 Å². The lowest BCUT2D eigenvalue weighted by atomic mass is 10.2. The molecular weight excluding hydrogens is 182 g/mol. The number of rotatable bonds is 3. The van der Waals surface area contributed by atoms with Crippen LogP contribution in [0.25, 0.3) is 0 Å². The minimum atomic E-state index is -0.406. The number of unbranched alkanes of at least 4 members (excludes halogenated alkanes) is 1. The fraction of sp³-hybridized carbons (Fsp3) is 0.900. The van der Waals surface area contributed by atoms with E-state index in [2.05, 4.69) is 6.92 Å². The number of hydrogen-bond acceptors (Lipinski definition) is 4. The van der Waals surface area contributed by atoms with E-state index in [1.54, 1.807) is 20.8 Å². The van der Waals surface area contributed by atoms with E-state index in [0.717, 1.165) is 12.8 Å². The second kappa shape index (κ2) is 8.97. The zero-order valence-corrected chi connectivity index (χ0v) is 9.67. The first kappa shape index (κ1) is 15.8. The van der Waals surface area contributed by atoms with Gasteiger partial charge in [0.25, 0.3) is 0 Å². The van der Waals surface area contributed by atoms with Crippen molar-refractivity contribution in [1.82, 2.24) is 0 Å². The topological polar surface area (TPSA) is 72.5 Å². The highest BCUT2D eigenvalue weighted by Crippen LogP contribution is 2.05. The summed E-state index contributed by atoms with van der Waals surface area (Å²) in [7, 11) is 0. The molecule has 0 bridgehead atoms. The van der Waals surface area contributed by atoms with Crippen molar-refractivity contribution in [1.29, 1.82) is 0 Å². The molecule has 0 aliphatic heterocycles. The molecular formula is C10H23NO3. The first-order valence-corrected chi connectivity index (χ1v) is 4.90. The molecule has 0 rings (SSSR count). The van der Waals surface area contributed by atoms with Gasteiger partial charge < -0.3 is 15.6 Å².